The molecule has 2 aromatic rings. The predicted molar refractivity (Wildman–Crippen MR) is 76.9 cm³/mol. The molecule has 3 rings (SSSR count). The highest BCUT2D eigenvalue weighted by molar-refractivity contribution is 6.28. The van der Waals surface area contributed by atoms with E-state index in [1.165, 1.54) is 10.9 Å². The molecular formula is C12H16ClN5O4. The Bertz CT molecular complexity index is 710. The lowest BCUT2D eigenvalue weighted by atomic mass is 9.81. The molecule has 1 aliphatic heterocycles. The SMILES string of the molecule is C[C@@]1(CO)C(O)[C@H](n2cnc3c(N)nc(Cl)nc32)O[C@@H]1CO. The first kappa shape index (κ1) is 15.4. The van der Waals surface area contributed by atoms with Crippen molar-refractivity contribution in [2.75, 3.05) is 18.9 Å². The van der Waals surface area contributed by atoms with Gasteiger partial charge < -0.3 is 25.8 Å². The zero-order valence-electron chi connectivity index (χ0n) is 11.7. The van der Waals surface area contributed by atoms with Crippen LogP contribution in [0, 0.1) is 5.41 Å². The van der Waals surface area contributed by atoms with Crippen molar-refractivity contribution in [1.82, 2.24) is 19.5 Å². The van der Waals surface area contributed by atoms with E-state index in [0.717, 1.165) is 0 Å². The van der Waals surface area contributed by atoms with Crippen molar-refractivity contribution < 1.29 is 20.1 Å². The molecule has 0 radical (unpaired) electrons. The molecule has 0 bridgehead atoms. The Morgan fingerprint density at radius 1 is 1.45 bits per heavy atom. The molecule has 4 atom stereocenters. The summed E-state index contributed by atoms with van der Waals surface area (Å²) < 4.78 is 7.15. The summed E-state index contributed by atoms with van der Waals surface area (Å²) in [5.74, 6) is 0.116. The summed E-state index contributed by atoms with van der Waals surface area (Å²) in [5, 5.41) is 29.5. The number of halogens is 1. The maximum atomic E-state index is 10.5. The van der Waals surface area contributed by atoms with Crippen LogP contribution in [0.15, 0.2) is 6.33 Å². The van der Waals surface area contributed by atoms with E-state index in [0.29, 0.717) is 11.2 Å². The molecule has 1 unspecified atom stereocenters. The minimum Gasteiger partial charge on any atom is -0.396 e. The average Bonchev–Trinajstić information content (AvgIpc) is 3.00. The molecule has 0 amide bonds. The number of ether oxygens (including phenoxy) is 1. The van der Waals surface area contributed by atoms with Crippen LogP contribution in [0.5, 0.6) is 0 Å². The number of hydrogen-bond acceptors (Lipinski definition) is 8. The first-order chi connectivity index (χ1) is 10.4. The van der Waals surface area contributed by atoms with Gasteiger partial charge in [0.1, 0.15) is 11.6 Å². The Balaban J connectivity index is 2.09. The first-order valence-corrected chi connectivity index (χ1v) is 7.01. The fourth-order valence-corrected chi connectivity index (χ4v) is 2.85. The molecule has 1 saturated heterocycles. The van der Waals surface area contributed by atoms with E-state index in [9.17, 15) is 15.3 Å². The summed E-state index contributed by atoms with van der Waals surface area (Å²) >= 11 is 5.81. The molecule has 9 nitrogen and oxygen atoms in total. The second kappa shape index (κ2) is 5.28. The Hall–Kier alpha value is -1.52. The Morgan fingerprint density at radius 3 is 2.77 bits per heavy atom. The average molecular weight is 330 g/mol. The van der Waals surface area contributed by atoms with Crippen LogP contribution in [0.2, 0.25) is 5.28 Å². The van der Waals surface area contributed by atoms with E-state index >= 15 is 0 Å². The zero-order valence-corrected chi connectivity index (χ0v) is 12.5. The van der Waals surface area contributed by atoms with Gasteiger partial charge in [-0.3, -0.25) is 4.57 Å². The highest BCUT2D eigenvalue weighted by Gasteiger charge is 2.53. The third-order valence-electron chi connectivity index (χ3n) is 4.19. The van der Waals surface area contributed by atoms with Gasteiger partial charge in [-0.1, -0.05) is 6.92 Å². The smallest absolute Gasteiger partial charge is 0.226 e. The fourth-order valence-electron chi connectivity index (χ4n) is 2.68. The maximum Gasteiger partial charge on any atom is 0.226 e. The van der Waals surface area contributed by atoms with Crippen LogP contribution in [0.3, 0.4) is 0 Å². The molecule has 1 aliphatic rings. The summed E-state index contributed by atoms with van der Waals surface area (Å²) in [7, 11) is 0. The summed E-state index contributed by atoms with van der Waals surface area (Å²) in [6.45, 7) is 0.948. The number of nitrogen functional groups attached to an aromatic ring is 1. The lowest BCUT2D eigenvalue weighted by Gasteiger charge is -2.29. The van der Waals surface area contributed by atoms with Crippen molar-refractivity contribution in [2.24, 2.45) is 5.41 Å². The fraction of sp³-hybridized carbons (Fsp3) is 0.583. The summed E-state index contributed by atoms with van der Waals surface area (Å²) in [5.41, 5.74) is 5.36. The number of nitrogens with two attached hydrogens (primary N) is 1. The lowest BCUT2D eigenvalue weighted by Crippen LogP contribution is -2.42. The lowest BCUT2D eigenvalue weighted by molar-refractivity contribution is -0.0539. The van der Waals surface area contributed by atoms with Gasteiger partial charge in [-0.25, -0.2) is 4.98 Å². The molecular weight excluding hydrogens is 314 g/mol. The van der Waals surface area contributed by atoms with Crippen LogP contribution in [0.1, 0.15) is 13.2 Å². The molecule has 0 aromatic carbocycles. The summed E-state index contributed by atoms with van der Waals surface area (Å²) in [6.07, 6.45) is -1.30. The van der Waals surface area contributed by atoms with Gasteiger partial charge in [-0.15, -0.1) is 0 Å². The molecule has 120 valence electrons. The van der Waals surface area contributed by atoms with Gasteiger partial charge in [-0.2, -0.15) is 9.97 Å². The van der Waals surface area contributed by atoms with Gasteiger partial charge in [0, 0.05) is 5.41 Å². The van der Waals surface area contributed by atoms with E-state index in [1.54, 1.807) is 6.92 Å². The molecule has 22 heavy (non-hydrogen) atoms. The summed E-state index contributed by atoms with van der Waals surface area (Å²) in [4.78, 5) is 12.0. The van der Waals surface area contributed by atoms with Crippen LogP contribution in [-0.4, -0.2) is 60.3 Å². The Labute approximate surface area is 130 Å². The van der Waals surface area contributed by atoms with E-state index in [-0.39, 0.29) is 24.3 Å². The summed E-state index contributed by atoms with van der Waals surface area (Å²) in [6, 6.07) is 0. The number of fused-ring (bicyclic) bond motifs is 1. The molecule has 0 spiro atoms. The molecule has 5 N–H and O–H groups in total. The molecule has 0 aliphatic carbocycles. The van der Waals surface area contributed by atoms with E-state index in [1.807, 2.05) is 0 Å². The number of rotatable bonds is 3. The van der Waals surface area contributed by atoms with Crippen LogP contribution in [0.4, 0.5) is 5.82 Å². The number of aliphatic hydroxyl groups excluding tert-OH is 3. The van der Waals surface area contributed by atoms with Crippen molar-refractivity contribution in [2.45, 2.75) is 25.4 Å². The topological polar surface area (TPSA) is 140 Å². The zero-order chi connectivity index (χ0) is 16.1. The second-order valence-electron chi connectivity index (χ2n) is 5.51. The molecule has 1 fully saturated rings. The second-order valence-corrected chi connectivity index (χ2v) is 5.85. The molecule has 10 heteroatoms. The number of anilines is 1. The third-order valence-corrected chi connectivity index (χ3v) is 4.36. The van der Waals surface area contributed by atoms with E-state index < -0.39 is 23.9 Å². The van der Waals surface area contributed by atoms with Gasteiger partial charge in [-0.05, 0) is 11.6 Å². The van der Waals surface area contributed by atoms with Crippen LogP contribution < -0.4 is 5.73 Å². The van der Waals surface area contributed by atoms with Gasteiger partial charge in [0.05, 0.1) is 25.6 Å². The minimum atomic E-state index is -1.08. The maximum absolute atomic E-state index is 10.5. The van der Waals surface area contributed by atoms with Crippen LogP contribution in [-0.2, 0) is 4.74 Å². The molecule has 3 heterocycles. The molecule has 2 aromatic heterocycles. The van der Waals surface area contributed by atoms with Crippen molar-refractivity contribution >= 4 is 28.6 Å². The van der Waals surface area contributed by atoms with Crippen molar-refractivity contribution in [1.29, 1.82) is 0 Å². The number of imidazole rings is 1. The molecule has 0 saturated carbocycles. The normalized spacial score (nSPS) is 32.0. The van der Waals surface area contributed by atoms with Gasteiger partial charge in [0.25, 0.3) is 0 Å². The Kier molecular flexibility index (Phi) is 3.69. The number of hydrogen-bond donors (Lipinski definition) is 4. The van der Waals surface area contributed by atoms with Crippen molar-refractivity contribution in [3.63, 3.8) is 0 Å². The first-order valence-electron chi connectivity index (χ1n) is 6.63. The highest BCUT2D eigenvalue weighted by Crippen LogP contribution is 2.43. The standard InChI is InChI=1S/C12H16ClN5O4/c1-12(3-20)5(2-19)22-10(7(12)21)18-4-15-6-8(14)16-11(13)17-9(6)18/h4-5,7,10,19-21H,2-3H2,1H3,(H2,14,16,17)/t5-,7?,10-,12+/m1/s1. The Morgan fingerprint density at radius 2 is 2.18 bits per heavy atom. The quantitative estimate of drug-likeness (QED) is 0.543. The van der Waals surface area contributed by atoms with Gasteiger partial charge in [0.15, 0.2) is 17.7 Å². The van der Waals surface area contributed by atoms with Gasteiger partial charge in [0.2, 0.25) is 5.28 Å². The number of nitrogens with zero attached hydrogens (tertiary/aromatic N) is 4. The number of aliphatic hydroxyl groups is 3. The largest absolute Gasteiger partial charge is 0.396 e. The third kappa shape index (κ3) is 2.05. The minimum absolute atomic E-state index is 0.0529. The van der Waals surface area contributed by atoms with Crippen molar-refractivity contribution in [3.05, 3.63) is 11.6 Å². The predicted octanol–water partition coefficient (Wildman–Crippen LogP) is -0.689. The highest BCUT2D eigenvalue weighted by atomic mass is 35.5. The van der Waals surface area contributed by atoms with Crippen LogP contribution in [0.25, 0.3) is 11.2 Å². The van der Waals surface area contributed by atoms with Crippen LogP contribution >= 0.6 is 11.6 Å². The van der Waals surface area contributed by atoms with E-state index in [4.69, 9.17) is 22.1 Å². The van der Waals surface area contributed by atoms with Gasteiger partial charge >= 0.3 is 0 Å². The number of aromatic nitrogens is 4. The van der Waals surface area contributed by atoms with Crippen molar-refractivity contribution in [3.8, 4) is 0 Å². The monoisotopic (exact) mass is 329 g/mol. The van der Waals surface area contributed by atoms with E-state index in [2.05, 4.69) is 15.0 Å².